The minimum atomic E-state index is -0.776. The molecule has 1 amide bonds. The number of benzene rings is 3. The SMILES string of the molecule is O=C(c1ccccc1)N1CCN(c2ccc(N=Cc3c(O)n(-c4ccc(Cl)cc4)c(=O)[nH]c3=O)cc2)CC1. The highest BCUT2D eigenvalue weighted by Gasteiger charge is 2.22. The molecule has 0 aliphatic carbocycles. The number of H-pyrrole nitrogens is 1. The Hall–Kier alpha value is -4.63. The van der Waals surface area contributed by atoms with Gasteiger partial charge < -0.3 is 14.9 Å². The number of piperazine rings is 1. The zero-order valence-electron chi connectivity index (χ0n) is 20.3. The van der Waals surface area contributed by atoms with Crippen LogP contribution < -0.4 is 16.1 Å². The third-order valence-corrected chi connectivity index (χ3v) is 6.60. The third-order valence-electron chi connectivity index (χ3n) is 6.35. The standard InChI is InChI=1S/C28H24ClN5O4/c29-20-6-10-23(11-7-20)34-27(37)24(25(35)31-28(34)38)18-30-21-8-12-22(13-9-21)32-14-16-33(17-15-32)26(36)19-4-2-1-3-5-19/h1-13,18,37H,14-17H2,(H,31,35,38). The molecule has 1 saturated heterocycles. The number of aromatic amines is 1. The molecule has 1 fully saturated rings. The van der Waals surface area contributed by atoms with E-state index in [1.807, 2.05) is 47.4 Å². The first kappa shape index (κ1) is 25.0. The van der Waals surface area contributed by atoms with Crippen molar-refractivity contribution >= 4 is 35.1 Å². The average molecular weight is 530 g/mol. The lowest BCUT2D eigenvalue weighted by atomic mass is 10.1. The molecule has 2 N–H and O–H groups in total. The van der Waals surface area contributed by atoms with Gasteiger partial charge in [-0.25, -0.2) is 9.36 Å². The molecular formula is C28H24ClN5O4. The van der Waals surface area contributed by atoms with Gasteiger partial charge in [0, 0.05) is 48.7 Å². The molecule has 2 heterocycles. The predicted molar refractivity (Wildman–Crippen MR) is 148 cm³/mol. The van der Waals surface area contributed by atoms with Gasteiger partial charge in [0.05, 0.1) is 11.4 Å². The van der Waals surface area contributed by atoms with E-state index in [9.17, 15) is 19.5 Å². The molecule has 0 unspecified atom stereocenters. The smallest absolute Gasteiger partial charge is 0.335 e. The number of aromatic nitrogens is 2. The van der Waals surface area contributed by atoms with Crippen molar-refractivity contribution in [3.05, 3.63) is 116 Å². The number of carbonyl (C=O) groups excluding carboxylic acids is 1. The Balaban J connectivity index is 1.28. The molecule has 5 rings (SSSR count). The maximum Gasteiger partial charge on any atom is 0.335 e. The number of amides is 1. The van der Waals surface area contributed by atoms with Crippen molar-refractivity contribution in [1.29, 1.82) is 0 Å². The fraction of sp³-hybridized carbons (Fsp3) is 0.143. The number of nitrogens with zero attached hydrogens (tertiary/aromatic N) is 4. The topological polar surface area (TPSA) is 111 Å². The van der Waals surface area contributed by atoms with Crippen molar-refractivity contribution in [3.8, 4) is 11.6 Å². The van der Waals surface area contributed by atoms with E-state index < -0.39 is 17.1 Å². The van der Waals surface area contributed by atoms with E-state index in [1.54, 1.807) is 36.4 Å². The summed E-state index contributed by atoms with van der Waals surface area (Å²) < 4.78 is 0.977. The first-order valence-electron chi connectivity index (χ1n) is 12.0. The number of hydrogen-bond acceptors (Lipinski definition) is 6. The summed E-state index contributed by atoms with van der Waals surface area (Å²) in [6, 6.07) is 23.0. The largest absolute Gasteiger partial charge is 0.493 e. The summed E-state index contributed by atoms with van der Waals surface area (Å²) in [6.07, 6.45) is 1.23. The first-order chi connectivity index (χ1) is 18.4. The Morgan fingerprint density at radius 3 is 2.16 bits per heavy atom. The maximum atomic E-state index is 12.7. The number of halogens is 1. The van der Waals surface area contributed by atoms with Crippen LogP contribution in [0.15, 0.2) is 93.4 Å². The van der Waals surface area contributed by atoms with Gasteiger partial charge in [-0.05, 0) is 60.7 Å². The lowest BCUT2D eigenvalue weighted by Gasteiger charge is -2.36. The second kappa shape index (κ2) is 10.8. The molecule has 1 aliphatic heterocycles. The molecule has 0 saturated carbocycles. The van der Waals surface area contributed by atoms with E-state index in [0.29, 0.717) is 48.1 Å². The molecule has 1 aliphatic rings. The molecule has 3 aromatic carbocycles. The second-order valence-electron chi connectivity index (χ2n) is 8.73. The summed E-state index contributed by atoms with van der Waals surface area (Å²) in [7, 11) is 0. The van der Waals surface area contributed by atoms with Crippen LogP contribution in [0.3, 0.4) is 0 Å². The molecule has 38 heavy (non-hydrogen) atoms. The number of hydrogen-bond donors (Lipinski definition) is 2. The molecular weight excluding hydrogens is 506 g/mol. The highest BCUT2D eigenvalue weighted by atomic mass is 35.5. The highest BCUT2D eigenvalue weighted by Crippen LogP contribution is 2.23. The van der Waals surface area contributed by atoms with Crippen LogP contribution in [-0.4, -0.2) is 57.9 Å². The van der Waals surface area contributed by atoms with Crippen LogP contribution in [0.5, 0.6) is 5.88 Å². The normalized spacial score (nSPS) is 13.7. The van der Waals surface area contributed by atoms with E-state index in [2.05, 4.69) is 14.9 Å². The first-order valence-corrected chi connectivity index (χ1v) is 12.4. The fourth-order valence-corrected chi connectivity index (χ4v) is 4.43. The lowest BCUT2D eigenvalue weighted by molar-refractivity contribution is 0.0747. The summed E-state index contributed by atoms with van der Waals surface area (Å²) in [5.74, 6) is -0.486. The lowest BCUT2D eigenvalue weighted by Crippen LogP contribution is -2.48. The summed E-state index contributed by atoms with van der Waals surface area (Å²) in [6.45, 7) is 2.66. The molecule has 0 atom stereocenters. The van der Waals surface area contributed by atoms with Crippen LogP contribution in [0, 0.1) is 0 Å². The maximum absolute atomic E-state index is 12.7. The average Bonchev–Trinajstić information content (AvgIpc) is 2.94. The predicted octanol–water partition coefficient (Wildman–Crippen LogP) is 3.60. The summed E-state index contributed by atoms with van der Waals surface area (Å²) in [5, 5.41) is 11.2. The van der Waals surface area contributed by atoms with Gasteiger partial charge >= 0.3 is 5.69 Å². The van der Waals surface area contributed by atoms with E-state index in [0.717, 1.165) is 10.3 Å². The Kier molecular flexibility index (Phi) is 7.10. The van der Waals surface area contributed by atoms with Crippen molar-refractivity contribution in [2.24, 2.45) is 4.99 Å². The van der Waals surface area contributed by atoms with Crippen LogP contribution >= 0.6 is 11.6 Å². The molecule has 0 spiro atoms. The van der Waals surface area contributed by atoms with Gasteiger partial charge in [0.1, 0.15) is 5.56 Å². The van der Waals surface area contributed by atoms with Crippen molar-refractivity contribution < 1.29 is 9.90 Å². The number of aromatic hydroxyl groups is 1. The van der Waals surface area contributed by atoms with Crippen LogP contribution in [-0.2, 0) is 0 Å². The zero-order chi connectivity index (χ0) is 26.6. The van der Waals surface area contributed by atoms with E-state index >= 15 is 0 Å². The monoisotopic (exact) mass is 529 g/mol. The molecule has 0 bridgehead atoms. The summed E-state index contributed by atoms with van der Waals surface area (Å²) in [5.41, 5.74) is 0.919. The van der Waals surface area contributed by atoms with Crippen molar-refractivity contribution in [3.63, 3.8) is 0 Å². The Morgan fingerprint density at radius 2 is 1.50 bits per heavy atom. The molecule has 192 valence electrons. The van der Waals surface area contributed by atoms with Gasteiger partial charge in [0.15, 0.2) is 0 Å². The molecule has 10 heteroatoms. The second-order valence-corrected chi connectivity index (χ2v) is 9.16. The Morgan fingerprint density at radius 1 is 0.868 bits per heavy atom. The fourth-order valence-electron chi connectivity index (χ4n) is 4.30. The number of nitrogens with one attached hydrogen (secondary N) is 1. The van der Waals surface area contributed by atoms with Crippen molar-refractivity contribution in [2.45, 2.75) is 0 Å². The summed E-state index contributed by atoms with van der Waals surface area (Å²) >= 11 is 5.91. The minimum absolute atomic E-state index is 0.0376. The van der Waals surface area contributed by atoms with Gasteiger partial charge in [0.2, 0.25) is 5.88 Å². The van der Waals surface area contributed by atoms with Gasteiger partial charge in [-0.3, -0.25) is 19.6 Å². The van der Waals surface area contributed by atoms with Crippen LogP contribution in [0.25, 0.3) is 5.69 Å². The van der Waals surface area contributed by atoms with Crippen LogP contribution in [0.1, 0.15) is 15.9 Å². The molecule has 1 aromatic heterocycles. The number of anilines is 1. The quantitative estimate of drug-likeness (QED) is 0.384. The highest BCUT2D eigenvalue weighted by molar-refractivity contribution is 6.30. The van der Waals surface area contributed by atoms with Crippen LogP contribution in [0.2, 0.25) is 5.02 Å². The van der Waals surface area contributed by atoms with Crippen LogP contribution in [0.4, 0.5) is 11.4 Å². The van der Waals surface area contributed by atoms with E-state index in [4.69, 9.17) is 11.6 Å². The number of rotatable bonds is 5. The van der Waals surface area contributed by atoms with Gasteiger partial charge in [-0.1, -0.05) is 29.8 Å². The zero-order valence-corrected chi connectivity index (χ0v) is 21.0. The molecule has 0 radical (unpaired) electrons. The Bertz CT molecular complexity index is 1590. The Labute approximate surface area is 222 Å². The minimum Gasteiger partial charge on any atom is -0.493 e. The van der Waals surface area contributed by atoms with Gasteiger partial charge in [0.25, 0.3) is 11.5 Å². The van der Waals surface area contributed by atoms with Gasteiger partial charge in [-0.2, -0.15) is 0 Å². The van der Waals surface area contributed by atoms with E-state index in [-0.39, 0.29) is 11.5 Å². The van der Waals surface area contributed by atoms with Crippen molar-refractivity contribution in [1.82, 2.24) is 14.5 Å². The molecule has 4 aromatic rings. The third kappa shape index (κ3) is 5.23. The van der Waals surface area contributed by atoms with Crippen molar-refractivity contribution in [2.75, 3.05) is 31.1 Å². The number of carbonyl (C=O) groups is 1. The van der Waals surface area contributed by atoms with E-state index in [1.165, 1.54) is 6.21 Å². The number of aliphatic imine (C=N–C) groups is 1. The summed E-state index contributed by atoms with van der Waals surface area (Å²) in [4.78, 5) is 48.0. The molecule has 9 nitrogen and oxygen atoms in total. The van der Waals surface area contributed by atoms with Gasteiger partial charge in [-0.15, -0.1) is 0 Å².